The molecule has 0 aliphatic heterocycles. The largest absolute Gasteiger partial charge is 0.368 e. The van der Waals surface area contributed by atoms with E-state index in [9.17, 15) is 0 Å². The standard InChI is InChI=1S/C17H19N5/c1-22(2)12-11-19-17-14-5-3-4-6-15(14)20-16(21-17)13-7-9-18-10-8-13/h3-10H,11-12H2,1-2H3,(H,19,20,21). The summed E-state index contributed by atoms with van der Waals surface area (Å²) in [4.78, 5) is 15.5. The van der Waals surface area contributed by atoms with Crippen molar-refractivity contribution in [2.45, 2.75) is 0 Å². The van der Waals surface area contributed by atoms with Crippen LogP contribution in [0.3, 0.4) is 0 Å². The normalized spacial score (nSPS) is 11.0. The molecule has 5 heteroatoms. The Kier molecular flexibility index (Phi) is 4.25. The zero-order valence-corrected chi connectivity index (χ0v) is 12.8. The summed E-state index contributed by atoms with van der Waals surface area (Å²) in [6.45, 7) is 1.78. The molecule has 0 unspecified atom stereocenters. The van der Waals surface area contributed by atoms with E-state index in [2.05, 4.69) is 34.3 Å². The zero-order valence-electron chi connectivity index (χ0n) is 12.8. The molecule has 2 heterocycles. The van der Waals surface area contributed by atoms with E-state index in [-0.39, 0.29) is 0 Å². The lowest BCUT2D eigenvalue weighted by atomic mass is 10.2. The van der Waals surface area contributed by atoms with Gasteiger partial charge in [-0.1, -0.05) is 12.1 Å². The van der Waals surface area contributed by atoms with E-state index in [4.69, 9.17) is 4.98 Å². The van der Waals surface area contributed by atoms with Gasteiger partial charge in [0.15, 0.2) is 5.82 Å². The Morgan fingerprint density at radius 2 is 1.77 bits per heavy atom. The molecule has 0 bridgehead atoms. The fourth-order valence-electron chi connectivity index (χ4n) is 2.24. The van der Waals surface area contributed by atoms with Crippen molar-refractivity contribution in [1.82, 2.24) is 19.9 Å². The number of para-hydroxylation sites is 1. The summed E-state index contributed by atoms with van der Waals surface area (Å²) in [5.41, 5.74) is 1.91. The third-order valence-electron chi connectivity index (χ3n) is 3.39. The number of benzene rings is 1. The smallest absolute Gasteiger partial charge is 0.162 e. The third kappa shape index (κ3) is 3.20. The van der Waals surface area contributed by atoms with E-state index in [1.165, 1.54) is 0 Å². The van der Waals surface area contributed by atoms with Gasteiger partial charge in [0.05, 0.1) is 5.52 Å². The fourth-order valence-corrected chi connectivity index (χ4v) is 2.24. The molecule has 0 aliphatic carbocycles. The lowest BCUT2D eigenvalue weighted by molar-refractivity contribution is 0.425. The van der Waals surface area contributed by atoms with Crippen LogP contribution < -0.4 is 5.32 Å². The van der Waals surface area contributed by atoms with E-state index < -0.39 is 0 Å². The van der Waals surface area contributed by atoms with Crippen LogP contribution >= 0.6 is 0 Å². The van der Waals surface area contributed by atoms with Crippen molar-refractivity contribution in [2.75, 3.05) is 32.5 Å². The van der Waals surface area contributed by atoms with E-state index in [1.807, 2.05) is 36.4 Å². The fraction of sp³-hybridized carbons (Fsp3) is 0.235. The van der Waals surface area contributed by atoms with Gasteiger partial charge in [0, 0.05) is 36.4 Å². The number of pyridine rings is 1. The Labute approximate surface area is 130 Å². The minimum Gasteiger partial charge on any atom is -0.368 e. The van der Waals surface area contributed by atoms with E-state index in [1.54, 1.807) is 12.4 Å². The highest BCUT2D eigenvalue weighted by atomic mass is 15.1. The molecule has 2 aromatic heterocycles. The summed E-state index contributed by atoms with van der Waals surface area (Å²) >= 11 is 0. The highest BCUT2D eigenvalue weighted by molar-refractivity contribution is 5.90. The van der Waals surface area contributed by atoms with E-state index in [0.717, 1.165) is 35.4 Å². The minimum absolute atomic E-state index is 0.716. The molecule has 3 rings (SSSR count). The predicted octanol–water partition coefficient (Wildman–Crippen LogP) is 2.67. The number of nitrogens with one attached hydrogen (secondary N) is 1. The van der Waals surface area contributed by atoms with Crippen LogP contribution in [0.5, 0.6) is 0 Å². The Bertz CT molecular complexity index is 755. The van der Waals surface area contributed by atoms with E-state index >= 15 is 0 Å². The molecule has 0 amide bonds. The van der Waals surface area contributed by atoms with Crippen LogP contribution in [-0.2, 0) is 0 Å². The first-order valence-corrected chi connectivity index (χ1v) is 7.30. The summed E-state index contributed by atoms with van der Waals surface area (Å²) in [5.74, 6) is 1.59. The van der Waals surface area contributed by atoms with Gasteiger partial charge in [-0.05, 0) is 38.4 Å². The third-order valence-corrected chi connectivity index (χ3v) is 3.39. The number of nitrogens with zero attached hydrogens (tertiary/aromatic N) is 4. The summed E-state index contributed by atoms with van der Waals surface area (Å²) in [5, 5.41) is 4.46. The number of fused-ring (bicyclic) bond motifs is 1. The van der Waals surface area contributed by atoms with Gasteiger partial charge in [0.25, 0.3) is 0 Å². The maximum Gasteiger partial charge on any atom is 0.162 e. The Morgan fingerprint density at radius 1 is 1.00 bits per heavy atom. The summed E-state index contributed by atoms with van der Waals surface area (Å²) < 4.78 is 0. The van der Waals surface area contributed by atoms with Crippen molar-refractivity contribution in [1.29, 1.82) is 0 Å². The number of anilines is 1. The lowest BCUT2D eigenvalue weighted by Gasteiger charge is -2.13. The van der Waals surface area contributed by atoms with Gasteiger partial charge in [0.2, 0.25) is 0 Å². The summed E-state index contributed by atoms with van der Waals surface area (Å²) in [6, 6.07) is 11.9. The molecule has 0 saturated carbocycles. The number of hydrogen-bond donors (Lipinski definition) is 1. The highest BCUT2D eigenvalue weighted by Crippen LogP contribution is 2.24. The van der Waals surface area contributed by atoms with Gasteiger partial charge in [-0.15, -0.1) is 0 Å². The van der Waals surface area contributed by atoms with Gasteiger partial charge in [0.1, 0.15) is 5.82 Å². The van der Waals surface area contributed by atoms with Gasteiger partial charge >= 0.3 is 0 Å². The second kappa shape index (κ2) is 6.49. The molecule has 3 aromatic rings. The molecule has 0 radical (unpaired) electrons. The van der Waals surface area contributed by atoms with Crippen LogP contribution in [0, 0.1) is 0 Å². The van der Waals surface area contributed by atoms with Crippen LogP contribution in [0.25, 0.3) is 22.3 Å². The van der Waals surface area contributed by atoms with Crippen LogP contribution in [0.15, 0.2) is 48.8 Å². The summed E-state index contributed by atoms with van der Waals surface area (Å²) in [6.07, 6.45) is 3.51. The number of hydrogen-bond acceptors (Lipinski definition) is 5. The van der Waals surface area contributed by atoms with Crippen LogP contribution in [0.2, 0.25) is 0 Å². The zero-order chi connectivity index (χ0) is 15.4. The molecule has 1 aromatic carbocycles. The molecule has 22 heavy (non-hydrogen) atoms. The molecule has 5 nitrogen and oxygen atoms in total. The second-order valence-corrected chi connectivity index (χ2v) is 5.38. The molecule has 1 N–H and O–H groups in total. The number of likely N-dealkylation sites (N-methyl/N-ethyl adjacent to an activating group) is 1. The first-order chi connectivity index (χ1) is 10.7. The lowest BCUT2D eigenvalue weighted by Crippen LogP contribution is -2.21. The van der Waals surface area contributed by atoms with Crippen LogP contribution in [-0.4, -0.2) is 47.0 Å². The van der Waals surface area contributed by atoms with Crippen LogP contribution in [0.1, 0.15) is 0 Å². The number of aromatic nitrogens is 3. The first kappa shape index (κ1) is 14.4. The van der Waals surface area contributed by atoms with Gasteiger partial charge in [-0.25, -0.2) is 9.97 Å². The maximum atomic E-state index is 4.70. The SMILES string of the molecule is CN(C)CCNc1nc(-c2ccncc2)nc2ccccc12. The average Bonchev–Trinajstić information content (AvgIpc) is 2.55. The second-order valence-electron chi connectivity index (χ2n) is 5.38. The molecule has 0 atom stereocenters. The Morgan fingerprint density at radius 3 is 2.55 bits per heavy atom. The molecule has 0 saturated heterocycles. The van der Waals surface area contributed by atoms with Crippen molar-refractivity contribution < 1.29 is 0 Å². The number of rotatable bonds is 5. The Hall–Kier alpha value is -2.53. The van der Waals surface area contributed by atoms with Crippen molar-refractivity contribution in [3.8, 4) is 11.4 Å². The summed E-state index contributed by atoms with van der Waals surface area (Å²) in [7, 11) is 4.12. The van der Waals surface area contributed by atoms with E-state index in [0.29, 0.717) is 5.82 Å². The Balaban J connectivity index is 2.01. The molecule has 0 aliphatic rings. The molecular formula is C17H19N5. The van der Waals surface area contributed by atoms with Gasteiger partial charge in [-0.2, -0.15) is 0 Å². The molecule has 112 valence electrons. The van der Waals surface area contributed by atoms with Crippen LogP contribution in [0.4, 0.5) is 5.82 Å². The van der Waals surface area contributed by atoms with Crippen molar-refractivity contribution >= 4 is 16.7 Å². The topological polar surface area (TPSA) is 53.9 Å². The molecular weight excluding hydrogens is 274 g/mol. The predicted molar refractivity (Wildman–Crippen MR) is 89.8 cm³/mol. The quantitative estimate of drug-likeness (QED) is 0.784. The van der Waals surface area contributed by atoms with Crippen molar-refractivity contribution in [3.63, 3.8) is 0 Å². The minimum atomic E-state index is 0.716. The first-order valence-electron chi connectivity index (χ1n) is 7.30. The highest BCUT2D eigenvalue weighted by Gasteiger charge is 2.08. The molecule has 0 spiro atoms. The maximum absolute atomic E-state index is 4.70. The van der Waals surface area contributed by atoms with Crippen molar-refractivity contribution in [2.24, 2.45) is 0 Å². The monoisotopic (exact) mass is 293 g/mol. The molecule has 0 fully saturated rings. The van der Waals surface area contributed by atoms with Gasteiger partial charge < -0.3 is 10.2 Å². The average molecular weight is 293 g/mol. The van der Waals surface area contributed by atoms with Crippen molar-refractivity contribution in [3.05, 3.63) is 48.8 Å². The van der Waals surface area contributed by atoms with Gasteiger partial charge in [-0.3, -0.25) is 4.98 Å².